The van der Waals surface area contributed by atoms with E-state index in [1.807, 2.05) is 6.92 Å². The van der Waals surface area contributed by atoms with E-state index in [4.69, 9.17) is 11.6 Å². The smallest absolute Gasteiger partial charge is 0.352 e. The highest BCUT2D eigenvalue weighted by Gasteiger charge is 2.37. The van der Waals surface area contributed by atoms with Gasteiger partial charge in [-0.15, -0.1) is 0 Å². The third-order valence-corrected chi connectivity index (χ3v) is 8.98. The summed E-state index contributed by atoms with van der Waals surface area (Å²) in [5.74, 6) is -1.93. The van der Waals surface area contributed by atoms with Crippen LogP contribution >= 0.6 is 11.6 Å². The summed E-state index contributed by atoms with van der Waals surface area (Å²) < 4.78 is 83.1. The minimum absolute atomic E-state index is 0.207. The Kier molecular flexibility index (Phi) is 10.8. The molecular formula is C30H32ClF4N3O4S. The van der Waals surface area contributed by atoms with Crippen molar-refractivity contribution in [3.8, 4) is 0 Å². The monoisotopic (exact) mass is 641 g/mol. The summed E-state index contributed by atoms with van der Waals surface area (Å²) >= 11 is 5.79. The molecule has 43 heavy (non-hydrogen) atoms. The Hall–Kier alpha value is -3.64. The molecule has 3 rings (SSSR count). The molecule has 0 saturated carbocycles. The van der Waals surface area contributed by atoms with E-state index in [0.29, 0.717) is 22.4 Å². The van der Waals surface area contributed by atoms with Gasteiger partial charge in [0.1, 0.15) is 18.4 Å². The van der Waals surface area contributed by atoms with Crippen LogP contribution in [0.5, 0.6) is 0 Å². The van der Waals surface area contributed by atoms with E-state index in [2.05, 4.69) is 5.32 Å². The van der Waals surface area contributed by atoms with Gasteiger partial charge in [0.2, 0.25) is 11.8 Å². The van der Waals surface area contributed by atoms with Crippen LogP contribution in [0.2, 0.25) is 5.02 Å². The number of sulfonamides is 1. The third-order valence-electron chi connectivity index (χ3n) is 6.87. The molecule has 3 aromatic rings. The first kappa shape index (κ1) is 33.9. The molecule has 7 nitrogen and oxygen atoms in total. The quantitative estimate of drug-likeness (QED) is 0.248. The van der Waals surface area contributed by atoms with Gasteiger partial charge in [-0.3, -0.25) is 13.9 Å². The summed E-state index contributed by atoms with van der Waals surface area (Å²) in [7, 11) is -4.60. The lowest BCUT2D eigenvalue weighted by atomic mass is 10.1. The molecular weight excluding hydrogens is 610 g/mol. The van der Waals surface area contributed by atoms with Gasteiger partial charge in [-0.2, -0.15) is 13.2 Å². The summed E-state index contributed by atoms with van der Waals surface area (Å²) in [5, 5.41) is 2.12. The molecule has 0 aromatic heterocycles. The van der Waals surface area contributed by atoms with Crippen molar-refractivity contribution < 1.29 is 35.6 Å². The zero-order chi connectivity index (χ0) is 32.1. The van der Waals surface area contributed by atoms with E-state index in [9.17, 15) is 35.6 Å². The predicted octanol–water partition coefficient (Wildman–Crippen LogP) is 6.33. The molecule has 1 N–H and O–H groups in total. The number of alkyl halides is 3. The second-order valence-corrected chi connectivity index (χ2v) is 12.4. The molecule has 2 atom stereocenters. The minimum Gasteiger partial charge on any atom is -0.352 e. The van der Waals surface area contributed by atoms with Crippen molar-refractivity contribution in [2.75, 3.05) is 10.8 Å². The summed E-state index contributed by atoms with van der Waals surface area (Å²) in [6, 6.07) is 11.9. The maximum atomic E-state index is 13.9. The lowest BCUT2D eigenvalue weighted by molar-refractivity contribution is -0.139. The van der Waals surface area contributed by atoms with Gasteiger partial charge >= 0.3 is 6.18 Å². The first-order valence-corrected chi connectivity index (χ1v) is 15.2. The Labute approximate surface area is 253 Å². The molecule has 0 spiro atoms. The predicted molar refractivity (Wildman–Crippen MR) is 156 cm³/mol. The van der Waals surface area contributed by atoms with Gasteiger partial charge in [0.25, 0.3) is 10.0 Å². The van der Waals surface area contributed by atoms with Crippen molar-refractivity contribution in [2.45, 2.75) is 63.8 Å². The number of hydrogen-bond donors (Lipinski definition) is 1. The first-order chi connectivity index (χ1) is 20.0. The van der Waals surface area contributed by atoms with E-state index < -0.39 is 62.7 Å². The number of anilines is 1. The number of benzene rings is 3. The number of carbonyl (C=O) groups excluding carboxylic acids is 2. The fraction of sp³-hybridized carbons (Fsp3) is 0.333. The fourth-order valence-electron chi connectivity index (χ4n) is 4.09. The SMILES string of the molecule is CCC(C)NC(=O)C(C)N(Cc1ccc(F)cc1)C(=O)CN(c1ccc(Cl)c(C(F)(F)F)c1)S(=O)(=O)c1ccc(C)cc1. The number of halogens is 5. The lowest BCUT2D eigenvalue weighted by Crippen LogP contribution is -2.52. The number of aryl methyl sites for hydroxylation is 1. The van der Waals surface area contributed by atoms with Gasteiger partial charge in [-0.1, -0.05) is 48.4 Å². The summed E-state index contributed by atoms with van der Waals surface area (Å²) in [6.07, 6.45) is -4.31. The zero-order valence-electron chi connectivity index (χ0n) is 24.0. The van der Waals surface area contributed by atoms with Crippen LogP contribution in [0.15, 0.2) is 71.6 Å². The molecule has 2 amide bonds. The van der Waals surface area contributed by atoms with Gasteiger partial charge in [0, 0.05) is 12.6 Å². The Balaban J connectivity index is 2.11. The fourth-order valence-corrected chi connectivity index (χ4v) is 5.72. The molecule has 0 radical (unpaired) electrons. The van der Waals surface area contributed by atoms with Crippen molar-refractivity contribution >= 4 is 39.1 Å². The number of hydrogen-bond acceptors (Lipinski definition) is 4. The molecule has 0 heterocycles. The van der Waals surface area contributed by atoms with E-state index in [1.54, 1.807) is 13.8 Å². The van der Waals surface area contributed by atoms with Gasteiger partial charge in [0.15, 0.2) is 0 Å². The molecule has 2 unspecified atom stereocenters. The average molecular weight is 642 g/mol. The van der Waals surface area contributed by atoms with E-state index in [0.717, 1.165) is 22.6 Å². The van der Waals surface area contributed by atoms with Crippen LogP contribution in [0.25, 0.3) is 0 Å². The molecule has 3 aromatic carbocycles. The Morgan fingerprint density at radius 1 is 0.977 bits per heavy atom. The largest absolute Gasteiger partial charge is 0.417 e. The second-order valence-electron chi connectivity index (χ2n) is 10.1. The van der Waals surface area contributed by atoms with Crippen molar-refractivity contribution in [1.82, 2.24) is 10.2 Å². The van der Waals surface area contributed by atoms with Crippen LogP contribution in [-0.2, 0) is 32.3 Å². The highest BCUT2D eigenvalue weighted by Crippen LogP contribution is 2.38. The Morgan fingerprint density at radius 2 is 1.58 bits per heavy atom. The van der Waals surface area contributed by atoms with Crippen LogP contribution in [0, 0.1) is 12.7 Å². The van der Waals surface area contributed by atoms with Crippen molar-refractivity contribution in [1.29, 1.82) is 0 Å². The molecule has 0 aliphatic rings. The topological polar surface area (TPSA) is 86.8 Å². The summed E-state index contributed by atoms with van der Waals surface area (Å²) in [6.45, 7) is 5.64. The van der Waals surface area contributed by atoms with Crippen molar-refractivity contribution in [3.05, 3.63) is 94.3 Å². The number of amides is 2. The Bertz CT molecular complexity index is 1550. The molecule has 0 aliphatic heterocycles. The van der Waals surface area contributed by atoms with Gasteiger partial charge < -0.3 is 10.2 Å². The third kappa shape index (κ3) is 8.47. The average Bonchev–Trinajstić information content (AvgIpc) is 2.95. The zero-order valence-corrected chi connectivity index (χ0v) is 25.5. The number of nitrogens with one attached hydrogen (secondary N) is 1. The standard InChI is InChI=1S/C30H32ClF4N3O4S/c1-5-20(3)36-29(40)21(4)37(17-22-8-10-23(32)11-9-22)28(39)18-38(43(41,42)25-13-6-19(2)7-14-25)24-12-15-27(31)26(16-24)30(33,34)35/h6-16,20-21H,5,17-18H2,1-4H3,(H,36,40). The Morgan fingerprint density at radius 3 is 2.14 bits per heavy atom. The first-order valence-electron chi connectivity index (χ1n) is 13.3. The van der Waals surface area contributed by atoms with Crippen LogP contribution < -0.4 is 9.62 Å². The summed E-state index contributed by atoms with van der Waals surface area (Å²) in [4.78, 5) is 27.8. The molecule has 13 heteroatoms. The molecule has 0 bridgehead atoms. The molecule has 0 fully saturated rings. The number of rotatable bonds is 11. The van der Waals surface area contributed by atoms with E-state index in [1.165, 1.54) is 55.5 Å². The molecule has 232 valence electrons. The van der Waals surface area contributed by atoms with Crippen LogP contribution in [0.4, 0.5) is 23.2 Å². The normalized spacial score (nSPS) is 13.2. The molecule has 0 saturated heterocycles. The van der Waals surface area contributed by atoms with Gasteiger partial charge in [-0.25, -0.2) is 12.8 Å². The van der Waals surface area contributed by atoms with Gasteiger partial charge in [0.05, 0.1) is 21.2 Å². The summed E-state index contributed by atoms with van der Waals surface area (Å²) in [5.41, 5.74) is -0.562. The number of nitrogens with zero attached hydrogens (tertiary/aromatic N) is 2. The van der Waals surface area contributed by atoms with Crippen molar-refractivity contribution in [2.24, 2.45) is 0 Å². The van der Waals surface area contributed by atoms with Gasteiger partial charge in [-0.05, 0) is 75.2 Å². The van der Waals surface area contributed by atoms with E-state index >= 15 is 0 Å². The van der Waals surface area contributed by atoms with Crippen LogP contribution in [0.1, 0.15) is 43.9 Å². The highest BCUT2D eigenvalue weighted by atomic mass is 35.5. The minimum atomic E-state index is -4.91. The van der Waals surface area contributed by atoms with Crippen LogP contribution in [-0.4, -0.2) is 43.8 Å². The lowest BCUT2D eigenvalue weighted by Gasteiger charge is -2.32. The second kappa shape index (κ2) is 13.8. The number of carbonyl (C=O) groups is 2. The highest BCUT2D eigenvalue weighted by molar-refractivity contribution is 7.92. The maximum Gasteiger partial charge on any atom is 0.417 e. The van der Waals surface area contributed by atoms with Crippen LogP contribution in [0.3, 0.4) is 0 Å². The van der Waals surface area contributed by atoms with E-state index in [-0.39, 0.29) is 17.5 Å². The van der Waals surface area contributed by atoms with Crippen molar-refractivity contribution in [3.63, 3.8) is 0 Å². The maximum absolute atomic E-state index is 13.9. The molecule has 0 aliphatic carbocycles.